The highest BCUT2D eigenvalue weighted by atomic mass is 32.2. The number of phenols is 2. The molecule has 0 aromatic heterocycles. The molecule has 0 fully saturated rings. The Balaban J connectivity index is 1.23. The Morgan fingerprint density at radius 1 is 0.500 bits per heavy atom. The summed E-state index contributed by atoms with van der Waals surface area (Å²) in [6.07, 6.45) is 0. The molecule has 0 aliphatic carbocycles. The Hall–Kier alpha value is -5.97. The van der Waals surface area contributed by atoms with Gasteiger partial charge in [-0.25, -0.2) is 21.6 Å². The molecule has 0 heterocycles. The van der Waals surface area contributed by atoms with E-state index in [-0.39, 0.29) is 53.8 Å². The Bertz CT molecular complexity index is 2880. The largest absolute Gasteiger partial charge is 0.505 e. The molecule has 6 rings (SSSR count). The number of carbonyl (C=O) groups excluding carboxylic acids is 1. The van der Waals surface area contributed by atoms with Gasteiger partial charge in [0.05, 0.1) is 21.2 Å². The molecule has 17 nitrogen and oxygen atoms in total. The van der Waals surface area contributed by atoms with Crippen molar-refractivity contribution in [3.63, 3.8) is 0 Å². The van der Waals surface area contributed by atoms with E-state index in [1.165, 1.54) is 86.6 Å². The summed E-state index contributed by atoms with van der Waals surface area (Å²) in [5.74, 6) is -1.53. The van der Waals surface area contributed by atoms with Crippen LogP contribution in [0.25, 0.3) is 21.5 Å². The van der Waals surface area contributed by atoms with E-state index in [0.717, 1.165) is 24.3 Å². The molecule has 0 aliphatic rings. The highest BCUT2D eigenvalue weighted by Crippen LogP contribution is 2.40. The molecule has 8 N–H and O–H groups in total. The zero-order valence-electron chi connectivity index (χ0n) is 28.8. The Labute approximate surface area is 320 Å². The molecular weight excluding hydrogens is 813 g/mol. The number of urea groups is 1. The molecule has 0 atom stereocenters. The van der Waals surface area contributed by atoms with Crippen molar-refractivity contribution in [3.05, 3.63) is 108 Å². The third kappa shape index (κ3) is 7.89. The number of phenolic OH excluding ortho intramolecular Hbond substituents is 2. The monoisotopic (exact) mass is 842 g/mol. The minimum atomic E-state index is -4.80. The van der Waals surface area contributed by atoms with Gasteiger partial charge in [-0.3, -0.25) is 18.5 Å². The van der Waals surface area contributed by atoms with Gasteiger partial charge in [0.2, 0.25) is 0 Å². The van der Waals surface area contributed by atoms with Gasteiger partial charge in [-0.15, -0.1) is 0 Å². The fraction of sp³-hybridized carbons (Fsp3) is 0.0571. The van der Waals surface area contributed by atoms with E-state index in [1.54, 1.807) is 0 Å². The van der Waals surface area contributed by atoms with Crippen molar-refractivity contribution in [2.75, 3.05) is 20.1 Å². The van der Waals surface area contributed by atoms with Gasteiger partial charge in [0, 0.05) is 22.1 Å². The van der Waals surface area contributed by atoms with Gasteiger partial charge in [-0.1, -0.05) is 48.5 Å². The maximum atomic E-state index is 13.5. The number of aromatic hydroxyl groups is 2. The van der Waals surface area contributed by atoms with Crippen molar-refractivity contribution >= 4 is 90.6 Å². The second-order valence-electron chi connectivity index (χ2n) is 12.3. The minimum Gasteiger partial charge on any atom is -0.505 e. The summed E-state index contributed by atoms with van der Waals surface area (Å²) in [4.78, 5) is 11.1. The van der Waals surface area contributed by atoms with Crippen LogP contribution in [0.15, 0.2) is 117 Å². The van der Waals surface area contributed by atoms with Crippen LogP contribution in [0, 0.1) is 13.8 Å². The Morgan fingerprint density at radius 2 is 0.875 bits per heavy atom. The number of amides is 2. The van der Waals surface area contributed by atoms with Crippen LogP contribution in [0.5, 0.6) is 11.5 Å². The minimum absolute atomic E-state index is 0.0254. The SMILES string of the molecule is Cc1ccc(NC(=O)Nc2ccc(C)c(S(=O)(=O)Nc3ccc4cccc(S(=O)(=O)O)c4c3O)c2)cc1S(=O)(=O)Nc1ccc2cccc(S(=O)(=O)O)c2c1O. The predicted octanol–water partition coefficient (Wildman–Crippen LogP) is 5.76. The molecule has 0 unspecified atom stereocenters. The first-order valence-corrected chi connectivity index (χ1v) is 21.7. The average Bonchev–Trinajstić information content (AvgIpc) is 3.11. The normalized spacial score (nSPS) is 12.4. The number of fused-ring (bicyclic) bond motifs is 2. The molecule has 0 saturated carbocycles. The van der Waals surface area contributed by atoms with Gasteiger partial charge in [-0.2, -0.15) is 16.8 Å². The average molecular weight is 843 g/mol. The van der Waals surface area contributed by atoms with Crippen molar-refractivity contribution in [3.8, 4) is 11.5 Å². The summed E-state index contributed by atoms with van der Waals surface area (Å²) >= 11 is 0. The van der Waals surface area contributed by atoms with Gasteiger partial charge < -0.3 is 20.8 Å². The van der Waals surface area contributed by atoms with Gasteiger partial charge in [0.1, 0.15) is 21.3 Å². The van der Waals surface area contributed by atoms with Crippen LogP contribution in [-0.2, 0) is 40.3 Å². The smallest absolute Gasteiger partial charge is 0.323 e. The number of carbonyl (C=O) groups is 1. The molecule has 0 aliphatic heterocycles. The zero-order valence-corrected chi connectivity index (χ0v) is 32.1. The summed E-state index contributed by atoms with van der Waals surface area (Å²) in [5, 5.41) is 26.4. The second kappa shape index (κ2) is 14.3. The van der Waals surface area contributed by atoms with E-state index in [0.29, 0.717) is 0 Å². The molecule has 0 bridgehead atoms. The summed E-state index contributed by atoms with van der Waals surface area (Å²) in [5.41, 5.74) is -0.417. The van der Waals surface area contributed by atoms with E-state index >= 15 is 0 Å². The standard InChI is InChI=1S/C35H30N4O13S4/c1-19-9-13-23(17-29(19)53(43,44)38-25-15-11-21-5-3-7-27(55(47,48)49)31(21)33(25)40)36-35(42)37-24-14-10-20(2)30(18-24)54(45,46)39-26-16-12-22-6-4-8-28(56(50,51)52)32(22)34(26)41/h3-18,38-41H,1-2H3,(H2,36,37,42)(H,47,48,49)(H,50,51,52). The van der Waals surface area contributed by atoms with E-state index in [1.807, 2.05) is 0 Å². The second-order valence-corrected chi connectivity index (χ2v) is 18.4. The lowest BCUT2D eigenvalue weighted by Gasteiger charge is -2.16. The van der Waals surface area contributed by atoms with Gasteiger partial charge >= 0.3 is 6.03 Å². The van der Waals surface area contributed by atoms with Crippen LogP contribution < -0.4 is 20.1 Å². The number of hydrogen-bond donors (Lipinski definition) is 8. The number of aryl methyl sites for hydroxylation is 2. The fourth-order valence-corrected chi connectivity index (χ4v) is 10.00. The molecule has 2 amide bonds. The molecule has 0 saturated heterocycles. The molecule has 6 aromatic carbocycles. The molecule has 6 aromatic rings. The number of hydrogen-bond acceptors (Lipinski definition) is 11. The number of sulfonamides is 2. The van der Waals surface area contributed by atoms with Gasteiger partial charge in [0.15, 0.2) is 0 Å². The van der Waals surface area contributed by atoms with Crippen LogP contribution in [-0.4, -0.2) is 59.0 Å². The number of rotatable bonds is 10. The number of benzene rings is 6. The molecule has 0 spiro atoms. The number of anilines is 4. The van der Waals surface area contributed by atoms with Crippen molar-refractivity contribution in [2.45, 2.75) is 33.4 Å². The van der Waals surface area contributed by atoms with Crippen LogP contribution >= 0.6 is 0 Å². The first-order chi connectivity index (χ1) is 26.1. The van der Waals surface area contributed by atoms with Crippen molar-refractivity contribution in [2.24, 2.45) is 0 Å². The Kier molecular flexibility index (Phi) is 10.1. The van der Waals surface area contributed by atoms with Crippen LogP contribution in [0.3, 0.4) is 0 Å². The molecular formula is C35H30N4O13S4. The van der Waals surface area contributed by atoms with Crippen molar-refractivity contribution < 1.29 is 57.8 Å². The van der Waals surface area contributed by atoms with Gasteiger partial charge in [-0.05, 0) is 84.3 Å². The first kappa shape index (κ1) is 39.7. The molecule has 21 heteroatoms. The van der Waals surface area contributed by atoms with E-state index in [2.05, 4.69) is 20.1 Å². The predicted molar refractivity (Wildman–Crippen MR) is 207 cm³/mol. The summed E-state index contributed by atoms with van der Waals surface area (Å²) in [7, 11) is -18.6. The summed E-state index contributed by atoms with van der Waals surface area (Å²) in [6, 6.07) is 19.5. The van der Waals surface area contributed by atoms with Crippen molar-refractivity contribution in [1.29, 1.82) is 0 Å². The van der Waals surface area contributed by atoms with Crippen LogP contribution in [0.4, 0.5) is 27.5 Å². The third-order valence-electron chi connectivity index (χ3n) is 8.48. The third-order valence-corrected chi connectivity index (χ3v) is 13.3. The maximum absolute atomic E-state index is 13.5. The van der Waals surface area contributed by atoms with E-state index < -0.39 is 79.0 Å². The highest BCUT2D eigenvalue weighted by Gasteiger charge is 2.25. The van der Waals surface area contributed by atoms with E-state index in [9.17, 15) is 57.8 Å². The fourth-order valence-electron chi connectivity index (χ4n) is 5.88. The van der Waals surface area contributed by atoms with E-state index in [4.69, 9.17) is 0 Å². The molecule has 0 radical (unpaired) electrons. The maximum Gasteiger partial charge on any atom is 0.323 e. The topological polar surface area (TPSA) is 283 Å². The summed E-state index contributed by atoms with van der Waals surface area (Å²) in [6.45, 7) is 2.92. The first-order valence-electron chi connectivity index (χ1n) is 15.9. The summed E-state index contributed by atoms with van der Waals surface area (Å²) < 4.78 is 126. The van der Waals surface area contributed by atoms with Gasteiger partial charge in [0.25, 0.3) is 40.3 Å². The van der Waals surface area contributed by atoms with Crippen LogP contribution in [0.1, 0.15) is 11.1 Å². The zero-order chi connectivity index (χ0) is 41.0. The van der Waals surface area contributed by atoms with Crippen molar-refractivity contribution in [1.82, 2.24) is 0 Å². The molecule has 56 heavy (non-hydrogen) atoms. The highest BCUT2D eigenvalue weighted by molar-refractivity contribution is 7.93. The quantitative estimate of drug-likeness (QED) is 0.0602. The number of nitrogens with one attached hydrogen (secondary N) is 4. The lowest BCUT2D eigenvalue weighted by Crippen LogP contribution is -2.21. The van der Waals surface area contributed by atoms with Crippen LogP contribution in [0.2, 0.25) is 0 Å². The lowest BCUT2D eigenvalue weighted by molar-refractivity contribution is 0.262. The molecule has 292 valence electrons. The lowest BCUT2D eigenvalue weighted by atomic mass is 10.1. The Morgan fingerprint density at radius 3 is 1.23 bits per heavy atom.